The number of likely N-dealkylation sites (N-methyl/N-ethyl adjacent to an activating group) is 1. The molecule has 1 atom stereocenters. The second-order valence-electron chi connectivity index (χ2n) is 6.64. The van der Waals surface area contributed by atoms with Crippen molar-refractivity contribution in [1.82, 2.24) is 19.3 Å². The molecule has 1 aromatic carbocycles. The third kappa shape index (κ3) is 4.18. The van der Waals surface area contributed by atoms with Gasteiger partial charge < -0.3 is 10.1 Å². The van der Waals surface area contributed by atoms with Crippen molar-refractivity contribution in [3.8, 4) is 0 Å². The molecular weight excluding hydrogens is 364 g/mol. The maximum absolute atomic E-state index is 12.6. The minimum Gasteiger partial charge on any atom is -0.392 e. The zero-order valence-electron chi connectivity index (χ0n) is 15.7. The molecule has 3 aromatic rings. The SMILES string of the molecule is CCC(O)CN(C)S(=O)(=O)c1ccc(Cc2nccc3[nH]c(C)nc23)cc1. The zero-order valence-corrected chi connectivity index (χ0v) is 16.5. The molecule has 0 radical (unpaired) electrons. The lowest BCUT2D eigenvalue weighted by molar-refractivity contribution is 0.149. The Kier molecular flexibility index (Phi) is 5.59. The largest absolute Gasteiger partial charge is 0.392 e. The van der Waals surface area contributed by atoms with E-state index in [4.69, 9.17) is 0 Å². The lowest BCUT2D eigenvalue weighted by Gasteiger charge is -2.20. The van der Waals surface area contributed by atoms with Crippen LogP contribution in [0.3, 0.4) is 0 Å². The summed E-state index contributed by atoms with van der Waals surface area (Å²) >= 11 is 0. The molecule has 0 amide bonds. The van der Waals surface area contributed by atoms with E-state index in [0.29, 0.717) is 12.8 Å². The van der Waals surface area contributed by atoms with Crippen LogP contribution in [0.1, 0.15) is 30.4 Å². The molecule has 2 N–H and O–H groups in total. The Hall–Kier alpha value is -2.29. The lowest BCUT2D eigenvalue weighted by atomic mass is 10.1. The highest BCUT2D eigenvalue weighted by Gasteiger charge is 2.22. The highest BCUT2D eigenvalue weighted by Crippen LogP contribution is 2.20. The summed E-state index contributed by atoms with van der Waals surface area (Å²) in [7, 11) is -2.15. The van der Waals surface area contributed by atoms with Crippen LogP contribution in [0, 0.1) is 6.92 Å². The molecule has 2 heterocycles. The molecule has 0 aliphatic heterocycles. The predicted molar refractivity (Wildman–Crippen MR) is 104 cm³/mol. The Morgan fingerprint density at radius 2 is 1.93 bits per heavy atom. The number of fused-ring (bicyclic) bond motifs is 1. The van der Waals surface area contributed by atoms with Crippen LogP contribution in [0.15, 0.2) is 41.4 Å². The van der Waals surface area contributed by atoms with Crippen LogP contribution in [0.5, 0.6) is 0 Å². The number of imidazole rings is 1. The van der Waals surface area contributed by atoms with Crippen LogP contribution < -0.4 is 0 Å². The van der Waals surface area contributed by atoms with Gasteiger partial charge in [-0.2, -0.15) is 4.31 Å². The summed E-state index contributed by atoms with van der Waals surface area (Å²) in [5.41, 5.74) is 3.56. The van der Waals surface area contributed by atoms with Crippen molar-refractivity contribution in [3.63, 3.8) is 0 Å². The summed E-state index contributed by atoms with van der Waals surface area (Å²) < 4.78 is 26.4. The molecule has 0 bridgehead atoms. The minimum atomic E-state index is -3.62. The smallest absolute Gasteiger partial charge is 0.242 e. The van der Waals surface area contributed by atoms with Gasteiger partial charge >= 0.3 is 0 Å². The van der Waals surface area contributed by atoms with Gasteiger partial charge in [-0.25, -0.2) is 13.4 Å². The molecule has 3 rings (SSSR count). The molecule has 1 unspecified atom stereocenters. The Morgan fingerprint density at radius 3 is 2.59 bits per heavy atom. The van der Waals surface area contributed by atoms with E-state index in [1.54, 1.807) is 30.5 Å². The molecule has 2 aromatic heterocycles. The van der Waals surface area contributed by atoms with Gasteiger partial charge in [0.15, 0.2) is 0 Å². The van der Waals surface area contributed by atoms with E-state index < -0.39 is 16.1 Å². The Balaban J connectivity index is 1.80. The number of aryl methyl sites for hydroxylation is 1. The van der Waals surface area contributed by atoms with Crippen LogP contribution in [0.2, 0.25) is 0 Å². The number of pyridine rings is 1. The van der Waals surface area contributed by atoms with Gasteiger partial charge in [-0.05, 0) is 37.1 Å². The monoisotopic (exact) mass is 388 g/mol. The summed E-state index contributed by atoms with van der Waals surface area (Å²) in [5, 5.41) is 9.71. The predicted octanol–water partition coefficient (Wildman–Crippen LogP) is 2.25. The molecule has 27 heavy (non-hydrogen) atoms. The highest BCUT2D eigenvalue weighted by molar-refractivity contribution is 7.89. The fourth-order valence-corrected chi connectivity index (χ4v) is 4.13. The van der Waals surface area contributed by atoms with Gasteiger partial charge in [0.25, 0.3) is 0 Å². The molecule has 0 saturated heterocycles. The topological polar surface area (TPSA) is 99.2 Å². The standard InChI is InChI=1S/C19H24N4O3S/c1-4-15(24)12-23(3)27(25,26)16-7-5-14(6-8-16)11-18-19-17(9-10-20-18)21-13(2)22-19/h5-10,15,24H,4,11-12H2,1-3H3,(H,21,22). The van der Waals surface area contributed by atoms with Crippen LogP contribution in [-0.2, 0) is 16.4 Å². The fraction of sp³-hybridized carbons (Fsp3) is 0.368. The van der Waals surface area contributed by atoms with Gasteiger partial charge in [0.2, 0.25) is 10.0 Å². The molecule has 0 aliphatic carbocycles. The van der Waals surface area contributed by atoms with Gasteiger partial charge in [0.1, 0.15) is 11.3 Å². The van der Waals surface area contributed by atoms with Crippen molar-refractivity contribution in [2.45, 2.75) is 37.7 Å². The molecule has 0 saturated carbocycles. The van der Waals surface area contributed by atoms with E-state index in [2.05, 4.69) is 15.0 Å². The van der Waals surface area contributed by atoms with E-state index >= 15 is 0 Å². The van der Waals surface area contributed by atoms with E-state index in [0.717, 1.165) is 28.1 Å². The first-order valence-electron chi connectivity index (χ1n) is 8.84. The first-order chi connectivity index (χ1) is 12.8. The number of aliphatic hydroxyl groups is 1. The van der Waals surface area contributed by atoms with Gasteiger partial charge in [0.05, 0.1) is 22.2 Å². The van der Waals surface area contributed by atoms with Crippen molar-refractivity contribution < 1.29 is 13.5 Å². The van der Waals surface area contributed by atoms with Gasteiger partial charge in [0, 0.05) is 26.2 Å². The number of aliphatic hydroxyl groups excluding tert-OH is 1. The quantitative estimate of drug-likeness (QED) is 0.647. The van der Waals surface area contributed by atoms with Crippen LogP contribution in [0.25, 0.3) is 11.0 Å². The first-order valence-corrected chi connectivity index (χ1v) is 10.3. The Labute approximate surface area is 159 Å². The number of H-pyrrole nitrogens is 1. The number of nitrogens with zero attached hydrogens (tertiary/aromatic N) is 3. The number of benzene rings is 1. The van der Waals surface area contributed by atoms with Crippen molar-refractivity contribution in [1.29, 1.82) is 0 Å². The average Bonchev–Trinajstić information content (AvgIpc) is 3.03. The average molecular weight is 388 g/mol. The molecule has 0 spiro atoms. The molecular formula is C19H24N4O3S. The molecule has 8 heteroatoms. The maximum Gasteiger partial charge on any atom is 0.242 e. The zero-order chi connectivity index (χ0) is 19.6. The third-order valence-corrected chi connectivity index (χ3v) is 6.37. The third-order valence-electron chi connectivity index (χ3n) is 4.54. The molecule has 0 fully saturated rings. The normalized spacial score (nSPS) is 13.4. The summed E-state index contributed by atoms with van der Waals surface area (Å²) in [6.45, 7) is 3.79. The van der Waals surface area contributed by atoms with E-state index in [-0.39, 0.29) is 11.4 Å². The van der Waals surface area contributed by atoms with E-state index in [9.17, 15) is 13.5 Å². The number of hydrogen-bond donors (Lipinski definition) is 2. The molecule has 0 aliphatic rings. The highest BCUT2D eigenvalue weighted by atomic mass is 32.2. The van der Waals surface area contributed by atoms with Crippen LogP contribution in [-0.4, -0.2) is 52.5 Å². The van der Waals surface area contributed by atoms with Gasteiger partial charge in [-0.15, -0.1) is 0 Å². The Morgan fingerprint density at radius 1 is 1.22 bits per heavy atom. The Bertz CT molecular complexity index is 1030. The number of nitrogens with one attached hydrogen (secondary N) is 1. The van der Waals surface area contributed by atoms with E-state index in [1.165, 1.54) is 11.4 Å². The van der Waals surface area contributed by atoms with E-state index in [1.807, 2.05) is 19.9 Å². The summed E-state index contributed by atoms with van der Waals surface area (Å²) in [6, 6.07) is 8.65. The second-order valence-corrected chi connectivity index (χ2v) is 8.69. The number of aromatic amines is 1. The van der Waals surface area contributed by atoms with Crippen molar-refractivity contribution in [2.75, 3.05) is 13.6 Å². The van der Waals surface area contributed by atoms with Gasteiger partial charge in [-0.3, -0.25) is 4.98 Å². The summed E-state index contributed by atoms with van der Waals surface area (Å²) in [6.07, 6.45) is 2.13. The lowest BCUT2D eigenvalue weighted by Crippen LogP contribution is -2.34. The van der Waals surface area contributed by atoms with Gasteiger partial charge in [-0.1, -0.05) is 19.1 Å². The number of aromatic nitrogens is 3. The number of hydrogen-bond acceptors (Lipinski definition) is 5. The minimum absolute atomic E-state index is 0.0744. The van der Waals surface area contributed by atoms with Crippen LogP contribution >= 0.6 is 0 Å². The molecule has 7 nitrogen and oxygen atoms in total. The number of rotatable bonds is 7. The number of sulfonamides is 1. The summed E-state index contributed by atoms with van der Waals surface area (Å²) in [5.74, 6) is 0.831. The van der Waals surface area contributed by atoms with Crippen LogP contribution in [0.4, 0.5) is 0 Å². The fourth-order valence-electron chi connectivity index (χ4n) is 2.92. The second kappa shape index (κ2) is 7.75. The van der Waals surface area contributed by atoms with Crippen molar-refractivity contribution in [3.05, 3.63) is 53.6 Å². The van der Waals surface area contributed by atoms with Crippen molar-refractivity contribution in [2.24, 2.45) is 0 Å². The maximum atomic E-state index is 12.6. The van der Waals surface area contributed by atoms with Crippen molar-refractivity contribution >= 4 is 21.1 Å². The molecule has 144 valence electrons. The summed E-state index contributed by atoms with van der Waals surface area (Å²) in [4.78, 5) is 12.3. The first kappa shape index (κ1) is 19.5.